The van der Waals surface area contributed by atoms with Crippen LogP contribution in [0.3, 0.4) is 0 Å². The van der Waals surface area contributed by atoms with Crippen LogP contribution < -0.4 is 0 Å². The fraction of sp³-hybridized carbons (Fsp3) is 0. The van der Waals surface area contributed by atoms with Crippen LogP contribution in [-0.2, 0) is 0 Å². The van der Waals surface area contributed by atoms with Gasteiger partial charge in [-0.3, -0.25) is 0 Å². The number of rotatable bonds is 5. The van der Waals surface area contributed by atoms with Gasteiger partial charge >= 0.3 is 0 Å². The molecule has 0 unspecified atom stereocenters. The molecule has 0 saturated heterocycles. The summed E-state index contributed by atoms with van der Waals surface area (Å²) in [6.45, 7) is 0. The summed E-state index contributed by atoms with van der Waals surface area (Å²) in [5, 5.41) is 4.48. The lowest BCUT2D eigenvalue weighted by Crippen LogP contribution is -2.01. The summed E-state index contributed by atoms with van der Waals surface area (Å²) in [5.41, 5.74) is 10.2. The van der Waals surface area contributed by atoms with Gasteiger partial charge in [0.1, 0.15) is 11.2 Å². The largest absolute Gasteiger partial charge is 0.456 e. The maximum Gasteiger partial charge on any atom is 0.164 e. The summed E-state index contributed by atoms with van der Waals surface area (Å²) in [7, 11) is 0. The Hall–Kier alpha value is -6.85. The third-order valence-corrected chi connectivity index (χ3v) is 9.47. The van der Waals surface area contributed by atoms with Gasteiger partial charge in [0.15, 0.2) is 17.5 Å². The van der Waals surface area contributed by atoms with E-state index in [-0.39, 0.29) is 0 Å². The molecule has 0 saturated carbocycles. The summed E-state index contributed by atoms with van der Waals surface area (Å²) in [6.07, 6.45) is 0. The van der Waals surface area contributed by atoms with Crippen LogP contribution in [0.4, 0.5) is 0 Å². The van der Waals surface area contributed by atoms with Crippen molar-refractivity contribution in [1.82, 2.24) is 19.5 Å². The van der Waals surface area contributed by atoms with Crippen LogP contribution in [-0.4, -0.2) is 19.5 Å². The molecule has 10 aromatic rings. The van der Waals surface area contributed by atoms with Crippen LogP contribution in [0.25, 0.3) is 94.7 Å². The molecule has 0 aliphatic heterocycles. The molecule has 0 atom stereocenters. The van der Waals surface area contributed by atoms with Crippen LogP contribution in [0.1, 0.15) is 0 Å². The summed E-state index contributed by atoms with van der Waals surface area (Å²) in [6, 6.07) is 58.7. The predicted molar refractivity (Wildman–Crippen MR) is 203 cm³/mol. The van der Waals surface area contributed by atoms with Gasteiger partial charge < -0.3 is 8.98 Å². The van der Waals surface area contributed by atoms with E-state index in [4.69, 9.17) is 19.4 Å². The van der Waals surface area contributed by atoms with Gasteiger partial charge in [-0.15, -0.1) is 0 Å². The van der Waals surface area contributed by atoms with Crippen molar-refractivity contribution in [2.75, 3.05) is 0 Å². The number of fused-ring (bicyclic) bond motifs is 6. The first kappa shape index (κ1) is 28.2. The monoisotopic (exact) mass is 640 g/mol. The zero-order valence-corrected chi connectivity index (χ0v) is 26.9. The molecule has 0 N–H and O–H groups in total. The molecular formula is C45H28N4O. The molecule has 5 nitrogen and oxygen atoms in total. The van der Waals surface area contributed by atoms with Crippen molar-refractivity contribution in [2.45, 2.75) is 0 Å². The Morgan fingerprint density at radius 3 is 1.74 bits per heavy atom. The van der Waals surface area contributed by atoms with Crippen molar-refractivity contribution in [3.63, 3.8) is 0 Å². The Bertz CT molecular complexity index is 2850. The molecule has 3 heterocycles. The van der Waals surface area contributed by atoms with Crippen LogP contribution in [0.2, 0.25) is 0 Å². The SMILES string of the molecule is c1ccc(-c2ccc3c(c2)c2ccccc2n3-c2ccc(-c3nc(-c4ccccc4)nc(-c4cccc5oc6ccccc6c45)n3)cc2)cc1. The molecule has 0 fully saturated rings. The maximum atomic E-state index is 6.21. The molecule has 0 bridgehead atoms. The number of hydrogen-bond acceptors (Lipinski definition) is 4. The molecule has 0 aliphatic rings. The van der Waals surface area contributed by atoms with Gasteiger partial charge in [0.05, 0.1) is 11.0 Å². The fourth-order valence-corrected chi connectivity index (χ4v) is 7.12. The fourth-order valence-electron chi connectivity index (χ4n) is 7.12. The summed E-state index contributed by atoms with van der Waals surface area (Å²) >= 11 is 0. The van der Waals surface area contributed by atoms with Gasteiger partial charge in [-0.1, -0.05) is 115 Å². The van der Waals surface area contributed by atoms with E-state index in [0.29, 0.717) is 17.5 Å². The first-order chi connectivity index (χ1) is 24.8. The quantitative estimate of drug-likeness (QED) is 0.188. The standard InChI is InChI=1S/C45H28N4O/c1-3-12-29(13-4-1)32-24-27-39-37(28-32)34-16-7-9-19-38(34)49(39)33-25-22-31(23-26-33)44-46-43(30-14-5-2-6-15-30)47-45(48-44)36-18-11-21-41-42(36)35-17-8-10-20-40(35)50-41/h1-28H. The third-order valence-electron chi connectivity index (χ3n) is 9.47. The topological polar surface area (TPSA) is 56.7 Å². The molecule has 0 amide bonds. The minimum atomic E-state index is 0.603. The molecule has 10 rings (SSSR count). The number of aromatic nitrogens is 4. The van der Waals surface area contributed by atoms with Crippen LogP contribution >= 0.6 is 0 Å². The van der Waals surface area contributed by atoms with Crippen molar-refractivity contribution < 1.29 is 4.42 Å². The van der Waals surface area contributed by atoms with Crippen molar-refractivity contribution in [1.29, 1.82) is 0 Å². The molecule has 0 aliphatic carbocycles. The zero-order valence-electron chi connectivity index (χ0n) is 26.9. The summed E-state index contributed by atoms with van der Waals surface area (Å²) < 4.78 is 8.54. The van der Waals surface area contributed by atoms with E-state index in [1.54, 1.807) is 0 Å². The lowest BCUT2D eigenvalue weighted by atomic mass is 10.0. The van der Waals surface area contributed by atoms with Crippen LogP contribution in [0, 0.1) is 0 Å². The second kappa shape index (κ2) is 11.4. The minimum absolute atomic E-state index is 0.603. The molecule has 0 radical (unpaired) electrons. The van der Waals surface area contributed by atoms with Gasteiger partial charge in [0.2, 0.25) is 0 Å². The predicted octanol–water partition coefficient (Wildman–Crippen LogP) is 11.5. The Morgan fingerprint density at radius 2 is 0.960 bits per heavy atom. The molecule has 7 aromatic carbocycles. The average Bonchev–Trinajstić information content (AvgIpc) is 3.74. The molecular weight excluding hydrogens is 613 g/mol. The lowest BCUT2D eigenvalue weighted by Gasteiger charge is -2.11. The summed E-state index contributed by atoms with van der Waals surface area (Å²) in [5.74, 6) is 1.84. The Balaban J connectivity index is 1.12. The van der Waals surface area contributed by atoms with Gasteiger partial charge in [-0.25, -0.2) is 15.0 Å². The Kier molecular flexibility index (Phi) is 6.42. The maximum absolute atomic E-state index is 6.21. The highest BCUT2D eigenvalue weighted by Crippen LogP contribution is 2.38. The highest BCUT2D eigenvalue weighted by molar-refractivity contribution is 6.12. The van der Waals surface area contributed by atoms with Gasteiger partial charge in [-0.2, -0.15) is 0 Å². The van der Waals surface area contributed by atoms with Gasteiger partial charge in [0.25, 0.3) is 0 Å². The molecule has 234 valence electrons. The Morgan fingerprint density at radius 1 is 0.380 bits per heavy atom. The number of nitrogens with zero attached hydrogens (tertiary/aromatic N) is 4. The van der Waals surface area contributed by atoms with E-state index < -0.39 is 0 Å². The van der Waals surface area contributed by atoms with Gasteiger partial charge in [-0.05, 0) is 65.7 Å². The van der Waals surface area contributed by atoms with Crippen LogP contribution in [0.5, 0.6) is 0 Å². The zero-order chi connectivity index (χ0) is 33.0. The van der Waals surface area contributed by atoms with E-state index in [9.17, 15) is 0 Å². The van der Waals surface area contributed by atoms with E-state index in [2.05, 4.69) is 114 Å². The second-order valence-electron chi connectivity index (χ2n) is 12.4. The lowest BCUT2D eigenvalue weighted by molar-refractivity contribution is 0.669. The average molecular weight is 641 g/mol. The molecule has 3 aromatic heterocycles. The van der Waals surface area contributed by atoms with E-state index in [1.807, 2.05) is 60.7 Å². The van der Waals surface area contributed by atoms with E-state index >= 15 is 0 Å². The normalized spacial score (nSPS) is 11.6. The number of para-hydroxylation sites is 2. The van der Waals surface area contributed by atoms with Crippen molar-refractivity contribution in [3.8, 4) is 51.0 Å². The first-order valence-corrected chi connectivity index (χ1v) is 16.7. The van der Waals surface area contributed by atoms with Gasteiger partial charge in [0, 0.05) is 43.9 Å². The minimum Gasteiger partial charge on any atom is -0.456 e. The third kappa shape index (κ3) is 4.60. The van der Waals surface area contributed by atoms with E-state index in [0.717, 1.165) is 55.3 Å². The molecule has 0 spiro atoms. The first-order valence-electron chi connectivity index (χ1n) is 16.7. The number of furan rings is 1. The number of benzene rings is 7. The highest BCUT2D eigenvalue weighted by Gasteiger charge is 2.18. The van der Waals surface area contributed by atoms with Crippen molar-refractivity contribution in [2.24, 2.45) is 0 Å². The second-order valence-corrected chi connectivity index (χ2v) is 12.4. The summed E-state index contributed by atoms with van der Waals surface area (Å²) in [4.78, 5) is 15.1. The highest BCUT2D eigenvalue weighted by atomic mass is 16.3. The Labute approximate surface area is 287 Å². The van der Waals surface area contributed by atoms with Crippen LogP contribution in [0.15, 0.2) is 174 Å². The molecule has 50 heavy (non-hydrogen) atoms. The number of hydrogen-bond donors (Lipinski definition) is 0. The smallest absolute Gasteiger partial charge is 0.164 e. The van der Waals surface area contributed by atoms with Crippen molar-refractivity contribution >= 4 is 43.7 Å². The molecule has 5 heteroatoms. The van der Waals surface area contributed by atoms with Crippen molar-refractivity contribution in [3.05, 3.63) is 170 Å². The van der Waals surface area contributed by atoms with E-state index in [1.165, 1.54) is 21.9 Å².